The summed E-state index contributed by atoms with van der Waals surface area (Å²) in [5.41, 5.74) is 1.31. The number of alkyl halides is 3. The van der Waals surface area contributed by atoms with Crippen LogP contribution >= 0.6 is 11.8 Å². The normalized spacial score (nSPS) is 12.4. The highest BCUT2D eigenvalue weighted by Crippen LogP contribution is 2.37. The van der Waals surface area contributed by atoms with Crippen LogP contribution in [0.2, 0.25) is 0 Å². The number of amides is 1. The largest absolute Gasteiger partial charge is 0.453 e. The van der Waals surface area contributed by atoms with E-state index in [2.05, 4.69) is 15.5 Å². The number of anilines is 1. The van der Waals surface area contributed by atoms with Crippen molar-refractivity contribution in [2.45, 2.75) is 23.5 Å². The van der Waals surface area contributed by atoms with Gasteiger partial charge in [-0.2, -0.15) is 13.2 Å². The Kier molecular flexibility index (Phi) is 6.11. The Hall–Kier alpha value is -3.34. The third-order valence-corrected chi connectivity index (χ3v) is 5.23. The summed E-state index contributed by atoms with van der Waals surface area (Å²) in [7, 11) is 0. The molecule has 0 bridgehead atoms. The zero-order chi connectivity index (χ0) is 21.9. The van der Waals surface area contributed by atoms with Gasteiger partial charge in [-0.05, 0) is 24.6 Å². The molecule has 1 atom stereocenters. The van der Waals surface area contributed by atoms with Crippen molar-refractivity contribution in [3.8, 4) is 0 Å². The quantitative estimate of drug-likeness (QED) is 0.348. The highest BCUT2D eigenvalue weighted by molar-refractivity contribution is 8.00. The fraction of sp³-hybridized carbons (Fsp3) is 0.158. The van der Waals surface area contributed by atoms with Crippen molar-refractivity contribution >= 4 is 29.1 Å². The average Bonchev–Trinajstić information content (AvgIpc) is 3.07. The van der Waals surface area contributed by atoms with Crippen LogP contribution in [0.15, 0.2) is 59.8 Å². The lowest BCUT2D eigenvalue weighted by Crippen LogP contribution is -2.23. The topological polar surface area (TPSA) is 103 Å². The van der Waals surface area contributed by atoms with E-state index in [9.17, 15) is 22.8 Å². The van der Waals surface area contributed by atoms with E-state index in [1.54, 1.807) is 48.5 Å². The number of rotatable bonds is 6. The standard InChI is InChI=1S/C19H16F3N5O2S/c1-11(28)13-8-5-9-14(10-13)24-16(29)15(12-6-3-2-4-7-12)30-18-26-25-17(27(18)23)19(20,21)22/h2-10,15H,23H2,1H3,(H,24,29). The molecule has 7 nitrogen and oxygen atoms in total. The molecular weight excluding hydrogens is 419 g/mol. The van der Waals surface area contributed by atoms with Gasteiger partial charge in [0.25, 0.3) is 5.82 Å². The molecule has 156 valence electrons. The Labute approximate surface area is 173 Å². The van der Waals surface area contributed by atoms with Gasteiger partial charge in [0.05, 0.1) is 0 Å². The third kappa shape index (κ3) is 4.79. The minimum Gasteiger partial charge on any atom is -0.335 e. The number of nitrogens with two attached hydrogens (primary N) is 1. The molecule has 3 N–H and O–H groups in total. The van der Waals surface area contributed by atoms with Crippen LogP contribution in [0.3, 0.4) is 0 Å². The first-order chi connectivity index (χ1) is 14.2. The van der Waals surface area contributed by atoms with Crippen LogP contribution in [0.4, 0.5) is 18.9 Å². The number of aromatic nitrogens is 3. The number of carbonyl (C=O) groups is 2. The van der Waals surface area contributed by atoms with Crippen molar-refractivity contribution in [1.29, 1.82) is 0 Å². The SMILES string of the molecule is CC(=O)c1cccc(NC(=O)C(Sc2nnc(C(F)(F)F)n2N)c2ccccc2)c1. The van der Waals surface area contributed by atoms with Crippen LogP contribution in [0, 0.1) is 0 Å². The van der Waals surface area contributed by atoms with E-state index in [-0.39, 0.29) is 10.9 Å². The molecule has 0 saturated carbocycles. The van der Waals surface area contributed by atoms with Gasteiger partial charge in [-0.25, -0.2) is 4.68 Å². The first kappa shape index (κ1) is 21.4. The number of halogens is 3. The van der Waals surface area contributed by atoms with Crippen molar-refractivity contribution in [1.82, 2.24) is 14.9 Å². The van der Waals surface area contributed by atoms with Crippen LogP contribution in [0.5, 0.6) is 0 Å². The Balaban J connectivity index is 1.90. The zero-order valence-corrected chi connectivity index (χ0v) is 16.4. The molecule has 0 spiro atoms. The highest BCUT2D eigenvalue weighted by atomic mass is 32.2. The molecule has 0 aliphatic carbocycles. The van der Waals surface area contributed by atoms with E-state index >= 15 is 0 Å². The monoisotopic (exact) mass is 435 g/mol. The smallest absolute Gasteiger partial charge is 0.335 e. The van der Waals surface area contributed by atoms with Crippen molar-refractivity contribution < 1.29 is 22.8 Å². The van der Waals surface area contributed by atoms with Gasteiger partial charge in [-0.15, -0.1) is 10.2 Å². The molecule has 3 rings (SSSR count). The van der Waals surface area contributed by atoms with Gasteiger partial charge in [0.2, 0.25) is 11.1 Å². The number of hydrogen-bond acceptors (Lipinski definition) is 6. The van der Waals surface area contributed by atoms with Gasteiger partial charge in [0.1, 0.15) is 5.25 Å². The number of nitrogen functional groups attached to an aromatic ring is 1. The number of nitrogens with one attached hydrogen (secondary N) is 1. The molecule has 0 aliphatic rings. The summed E-state index contributed by atoms with van der Waals surface area (Å²) in [5.74, 6) is 3.44. The minimum atomic E-state index is -4.78. The minimum absolute atomic E-state index is 0.170. The fourth-order valence-corrected chi connectivity index (χ4v) is 3.54. The Bertz CT molecular complexity index is 1070. The van der Waals surface area contributed by atoms with Gasteiger partial charge < -0.3 is 11.2 Å². The van der Waals surface area contributed by atoms with Crippen LogP contribution in [0.1, 0.15) is 33.9 Å². The molecule has 11 heteroatoms. The predicted molar refractivity (Wildman–Crippen MR) is 105 cm³/mol. The number of benzene rings is 2. The maximum absolute atomic E-state index is 13.0. The maximum Gasteiger partial charge on any atom is 0.453 e. The lowest BCUT2D eigenvalue weighted by Gasteiger charge is -2.17. The average molecular weight is 435 g/mol. The predicted octanol–water partition coefficient (Wildman–Crippen LogP) is 3.69. The van der Waals surface area contributed by atoms with Crippen LogP contribution in [0.25, 0.3) is 0 Å². The first-order valence-corrected chi connectivity index (χ1v) is 9.46. The second-order valence-corrected chi connectivity index (χ2v) is 7.28. The molecule has 30 heavy (non-hydrogen) atoms. The summed E-state index contributed by atoms with van der Waals surface area (Å²) < 4.78 is 39.2. The molecule has 0 saturated heterocycles. The van der Waals surface area contributed by atoms with Gasteiger partial charge >= 0.3 is 6.18 Å². The summed E-state index contributed by atoms with van der Waals surface area (Å²) in [4.78, 5) is 24.5. The van der Waals surface area contributed by atoms with E-state index in [1.165, 1.54) is 13.0 Å². The molecule has 1 amide bonds. The molecule has 0 aliphatic heterocycles. The summed E-state index contributed by atoms with van der Waals surface area (Å²) in [5, 5.41) is 7.99. The number of thioether (sulfide) groups is 1. The number of ketones is 1. The van der Waals surface area contributed by atoms with E-state index < -0.39 is 23.2 Å². The molecule has 1 aromatic heterocycles. The number of hydrogen-bond donors (Lipinski definition) is 2. The van der Waals surface area contributed by atoms with E-state index in [0.717, 1.165) is 11.8 Å². The van der Waals surface area contributed by atoms with Crippen molar-refractivity contribution in [2.75, 3.05) is 11.2 Å². The summed E-state index contributed by atoms with van der Waals surface area (Å²) in [6.45, 7) is 1.40. The highest BCUT2D eigenvalue weighted by Gasteiger charge is 2.39. The number of carbonyl (C=O) groups excluding carboxylic acids is 2. The molecule has 3 aromatic rings. The van der Waals surface area contributed by atoms with Crippen molar-refractivity contribution in [3.05, 3.63) is 71.5 Å². The first-order valence-electron chi connectivity index (χ1n) is 8.58. The molecular formula is C19H16F3N5O2S. The molecule has 0 radical (unpaired) electrons. The number of Topliss-reactive ketones (excluding diaryl/α,β-unsaturated/α-hetero) is 1. The molecule has 0 fully saturated rings. The van der Waals surface area contributed by atoms with Gasteiger partial charge in [-0.3, -0.25) is 9.59 Å². The number of nitrogens with zero attached hydrogens (tertiary/aromatic N) is 3. The van der Waals surface area contributed by atoms with Crippen LogP contribution in [-0.2, 0) is 11.0 Å². The summed E-state index contributed by atoms with van der Waals surface area (Å²) in [6.07, 6.45) is -4.78. The lowest BCUT2D eigenvalue weighted by molar-refractivity contribution is -0.146. The van der Waals surface area contributed by atoms with E-state index in [0.29, 0.717) is 21.5 Å². The fourth-order valence-electron chi connectivity index (χ4n) is 2.58. The molecule has 2 aromatic carbocycles. The van der Waals surface area contributed by atoms with Crippen molar-refractivity contribution in [3.63, 3.8) is 0 Å². The second kappa shape index (κ2) is 8.57. The maximum atomic E-state index is 13.0. The van der Waals surface area contributed by atoms with Crippen molar-refractivity contribution in [2.24, 2.45) is 0 Å². The van der Waals surface area contributed by atoms with Gasteiger partial charge in [0, 0.05) is 11.3 Å². The molecule has 1 unspecified atom stereocenters. The lowest BCUT2D eigenvalue weighted by atomic mass is 10.1. The Morgan fingerprint density at radius 3 is 2.40 bits per heavy atom. The Morgan fingerprint density at radius 2 is 1.80 bits per heavy atom. The van der Waals surface area contributed by atoms with E-state index in [1.807, 2.05) is 0 Å². The Morgan fingerprint density at radius 1 is 1.10 bits per heavy atom. The van der Waals surface area contributed by atoms with Gasteiger partial charge in [0.15, 0.2) is 5.78 Å². The second-order valence-electron chi connectivity index (χ2n) is 6.21. The van der Waals surface area contributed by atoms with Crippen LogP contribution in [-0.4, -0.2) is 26.6 Å². The third-order valence-electron chi connectivity index (χ3n) is 4.02. The van der Waals surface area contributed by atoms with Gasteiger partial charge in [-0.1, -0.05) is 54.2 Å². The summed E-state index contributed by atoms with van der Waals surface area (Å²) >= 11 is 0.729. The molecule has 1 heterocycles. The zero-order valence-electron chi connectivity index (χ0n) is 15.6. The van der Waals surface area contributed by atoms with E-state index in [4.69, 9.17) is 5.84 Å². The summed E-state index contributed by atoms with van der Waals surface area (Å²) in [6, 6.07) is 14.8. The van der Waals surface area contributed by atoms with Crippen LogP contribution < -0.4 is 11.2 Å².